The SMILES string of the molecule is CCOc1ccc(N2C(=O)CC(N(Cc3ccco3)S(=O)(=O)c3cc(Cl)ccc3Cl)C2=O)cc1. The first-order valence-electron chi connectivity index (χ1n) is 10.3. The van der Waals surface area contributed by atoms with E-state index in [1.54, 1.807) is 36.4 Å². The van der Waals surface area contributed by atoms with Crippen LogP contribution in [0.5, 0.6) is 5.75 Å². The van der Waals surface area contributed by atoms with E-state index >= 15 is 0 Å². The number of amides is 2. The molecule has 0 spiro atoms. The first kappa shape index (κ1) is 24.3. The van der Waals surface area contributed by atoms with Gasteiger partial charge in [-0.15, -0.1) is 0 Å². The molecule has 1 fully saturated rings. The van der Waals surface area contributed by atoms with Crippen LogP contribution in [0.15, 0.2) is 70.2 Å². The fraction of sp³-hybridized carbons (Fsp3) is 0.217. The molecule has 3 aromatic rings. The van der Waals surface area contributed by atoms with Crippen LogP contribution in [0.2, 0.25) is 10.0 Å². The maximum atomic E-state index is 13.7. The minimum Gasteiger partial charge on any atom is -0.494 e. The summed E-state index contributed by atoms with van der Waals surface area (Å²) in [5.74, 6) is -0.334. The molecule has 178 valence electrons. The monoisotopic (exact) mass is 522 g/mol. The quantitative estimate of drug-likeness (QED) is 0.403. The highest BCUT2D eigenvalue weighted by atomic mass is 35.5. The Morgan fingerprint density at radius 1 is 1.12 bits per heavy atom. The van der Waals surface area contributed by atoms with E-state index in [-0.39, 0.29) is 27.9 Å². The predicted octanol–water partition coefficient (Wildman–Crippen LogP) is 4.51. The normalized spacial score (nSPS) is 16.5. The van der Waals surface area contributed by atoms with Crippen LogP contribution in [-0.2, 0) is 26.2 Å². The molecule has 2 aromatic carbocycles. The number of halogens is 2. The first-order valence-corrected chi connectivity index (χ1v) is 12.5. The lowest BCUT2D eigenvalue weighted by molar-refractivity contribution is -0.122. The van der Waals surface area contributed by atoms with E-state index in [1.165, 1.54) is 24.5 Å². The van der Waals surface area contributed by atoms with Crippen LogP contribution in [0.3, 0.4) is 0 Å². The lowest BCUT2D eigenvalue weighted by Gasteiger charge is -2.26. The van der Waals surface area contributed by atoms with Gasteiger partial charge in [-0.3, -0.25) is 9.59 Å². The van der Waals surface area contributed by atoms with Gasteiger partial charge >= 0.3 is 0 Å². The maximum Gasteiger partial charge on any atom is 0.252 e. The summed E-state index contributed by atoms with van der Waals surface area (Å²) in [4.78, 5) is 27.0. The number of rotatable bonds is 8. The molecule has 0 radical (unpaired) electrons. The van der Waals surface area contributed by atoms with Crippen molar-refractivity contribution in [3.05, 3.63) is 76.7 Å². The summed E-state index contributed by atoms with van der Waals surface area (Å²) in [6.45, 7) is 2.03. The molecule has 0 bridgehead atoms. The second-order valence-corrected chi connectivity index (χ2v) is 10.1. The molecule has 0 N–H and O–H groups in total. The van der Waals surface area contributed by atoms with E-state index in [2.05, 4.69) is 0 Å². The average Bonchev–Trinajstić information content (AvgIpc) is 3.42. The Bertz CT molecular complexity index is 1310. The third-order valence-corrected chi connectivity index (χ3v) is 7.82. The molecule has 1 atom stereocenters. The van der Waals surface area contributed by atoms with Crippen LogP contribution in [-0.4, -0.2) is 37.2 Å². The second kappa shape index (κ2) is 9.79. The molecule has 0 aliphatic carbocycles. The summed E-state index contributed by atoms with van der Waals surface area (Å²) >= 11 is 12.2. The van der Waals surface area contributed by atoms with Gasteiger partial charge in [-0.2, -0.15) is 4.31 Å². The fourth-order valence-corrected chi connectivity index (χ4v) is 5.98. The van der Waals surface area contributed by atoms with Crippen molar-refractivity contribution in [3.8, 4) is 5.75 Å². The Morgan fingerprint density at radius 2 is 1.85 bits per heavy atom. The van der Waals surface area contributed by atoms with E-state index in [4.69, 9.17) is 32.4 Å². The summed E-state index contributed by atoms with van der Waals surface area (Å²) in [5.41, 5.74) is 0.317. The molecular formula is C23H20Cl2N2O6S. The van der Waals surface area contributed by atoms with Gasteiger partial charge in [0.05, 0.1) is 36.5 Å². The number of furan rings is 1. The van der Waals surface area contributed by atoms with Crippen molar-refractivity contribution in [2.45, 2.75) is 30.8 Å². The highest BCUT2D eigenvalue weighted by molar-refractivity contribution is 7.89. The van der Waals surface area contributed by atoms with Crippen LogP contribution in [0.25, 0.3) is 0 Å². The van der Waals surface area contributed by atoms with Gasteiger partial charge in [0.15, 0.2) is 0 Å². The van der Waals surface area contributed by atoms with Crippen molar-refractivity contribution in [1.29, 1.82) is 0 Å². The summed E-state index contributed by atoms with van der Waals surface area (Å²) in [6, 6.07) is 12.3. The Labute approximate surface area is 206 Å². The molecule has 1 saturated heterocycles. The molecule has 2 heterocycles. The van der Waals surface area contributed by atoms with Gasteiger partial charge in [-0.05, 0) is 61.5 Å². The van der Waals surface area contributed by atoms with Crippen LogP contribution < -0.4 is 9.64 Å². The Morgan fingerprint density at radius 3 is 2.50 bits per heavy atom. The Hall–Kier alpha value is -2.85. The topological polar surface area (TPSA) is 97.1 Å². The molecular weight excluding hydrogens is 503 g/mol. The van der Waals surface area contributed by atoms with Crippen LogP contribution >= 0.6 is 23.2 Å². The summed E-state index contributed by atoms with van der Waals surface area (Å²) in [6.07, 6.45) is 1.05. The Balaban J connectivity index is 1.73. The highest BCUT2D eigenvalue weighted by Crippen LogP contribution is 2.34. The van der Waals surface area contributed by atoms with Gasteiger partial charge < -0.3 is 9.15 Å². The van der Waals surface area contributed by atoms with Crippen LogP contribution in [0.4, 0.5) is 5.69 Å². The number of nitrogens with zero attached hydrogens (tertiary/aromatic N) is 2. The number of ether oxygens (including phenoxy) is 1. The molecule has 34 heavy (non-hydrogen) atoms. The molecule has 1 unspecified atom stereocenters. The van der Waals surface area contributed by atoms with Gasteiger partial charge in [0.2, 0.25) is 15.9 Å². The van der Waals surface area contributed by atoms with E-state index in [9.17, 15) is 18.0 Å². The third-order valence-electron chi connectivity index (χ3n) is 5.25. The van der Waals surface area contributed by atoms with Crippen molar-refractivity contribution >= 4 is 50.7 Å². The molecule has 0 saturated carbocycles. The zero-order chi connectivity index (χ0) is 24.5. The highest BCUT2D eigenvalue weighted by Gasteiger charge is 2.47. The molecule has 1 aliphatic rings. The number of imide groups is 1. The Kier molecular flexibility index (Phi) is 6.99. The van der Waals surface area contributed by atoms with E-state index < -0.39 is 27.9 Å². The average molecular weight is 523 g/mol. The van der Waals surface area contributed by atoms with Gasteiger partial charge in [0.25, 0.3) is 5.91 Å². The summed E-state index contributed by atoms with van der Waals surface area (Å²) in [7, 11) is -4.35. The number of sulfonamides is 1. The molecule has 4 rings (SSSR count). The van der Waals surface area contributed by atoms with Gasteiger partial charge in [-0.1, -0.05) is 23.2 Å². The van der Waals surface area contributed by atoms with Crippen molar-refractivity contribution in [3.63, 3.8) is 0 Å². The van der Waals surface area contributed by atoms with E-state index in [1.807, 2.05) is 6.92 Å². The van der Waals surface area contributed by atoms with Crippen molar-refractivity contribution in [2.75, 3.05) is 11.5 Å². The largest absolute Gasteiger partial charge is 0.494 e. The number of benzene rings is 2. The molecule has 1 aliphatic heterocycles. The minimum absolute atomic E-state index is 0.0611. The fourth-order valence-electron chi connectivity index (χ4n) is 3.69. The van der Waals surface area contributed by atoms with E-state index in [0.717, 1.165) is 9.21 Å². The maximum absolute atomic E-state index is 13.7. The van der Waals surface area contributed by atoms with Crippen LogP contribution in [0, 0.1) is 0 Å². The summed E-state index contributed by atoms with van der Waals surface area (Å²) in [5, 5.41) is 0.0970. The van der Waals surface area contributed by atoms with Gasteiger partial charge in [0, 0.05) is 5.02 Å². The minimum atomic E-state index is -4.35. The number of hydrogen-bond donors (Lipinski definition) is 0. The second-order valence-electron chi connectivity index (χ2n) is 7.42. The zero-order valence-electron chi connectivity index (χ0n) is 18.0. The molecule has 8 nitrogen and oxygen atoms in total. The van der Waals surface area contributed by atoms with Crippen molar-refractivity contribution < 1.29 is 27.2 Å². The number of hydrogen-bond acceptors (Lipinski definition) is 6. The lowest BCUT2D eigenvalue weighted by atomic mass is 10.2. The first-order chi connectivity index (χ1) is 16.2. The predicted molar refractivity (Wildman–Crippen MR) is 126 cm³/mol. The molecule has 11 heteroatoms. The van der Waals surface area contributed by atoms with Gasteiger partial charge in [-0.25, -0.2) is 13.3 Å². The molecule has 2 amide bonds. The van der Waals surface area contributed by atoms with Crippen molar-refractivity contribution in [2.24, 2.45) is 0 Å². The zero-order valence-corrected chi connectivity index (χ0v) is 20.3. The number of carbonyl (C=O) groups excluding carboxylic acids is 2. The van der Waals surface area contributed by atoms with Crippen LogP contribution in [0.1, 0.15) is 19.1 Å². The smallest absolute Gasteiger partial charge is 0.252 e. The summed E-state index contributed by atoms with van der Waals surface area (Å²) < 4.78 is 39.0. The number of carbonyl (C=O) groups is 2. The van der Waals surface area contributed by atoms with E-state index in [0.29, 0.717) is 23.8 Å². The lowest BCUT2D eigenvalue weighted by Crippen LogP contribution is -2.45. The van der Waals surface area contributed by atoms with Gasteiger partial charge in [0.1, 0.15) is 22.4 Å². The third kappa shape index (κ3) is 4.69. The van der Waals surface area contributed by atoms with Crippen molar-refractivity contribution in [1.82, 2.24) is 4.31 Å². The standard InChI is InChI=1S/C23H20Cl2N2O6S/c1-2-32-17-8-6-16(7-9-17)27-22(28)13-20(23(27)29)26(14-18-4-3-11-33-18)34(30,31)21-12-15(24)5-10-19(21)25/h3-12,20H,2,13-14H2,1H3. The number of anilines is 1. The molecule has 1 aromatic heterocycles.